The van der Waals surface area contributed by atoms with E-state index in [1.807, 2.05) is 14.1 Å². The van der Waals surface area contributed by atoms with Crippen LogP contribution in [0.4, 0.5) is 0 Å². The topological polar surface area (TPSA) is 64.7 Å². The van der Waals surface area contributed by atoms with Gasteiger partial charge in [0.15, 0.2) is 0 Å². The lowest BCUT2D eigenvalue weighted by Gasteiger charge is -2.24. The maximum Gasteiger partial charge on any atom is 0.279 e. The van der Waals surface area contributed by atoms with Crippen LogP contribution in [0.1, 0.15) is 26.7 Å². The summed E-state index contributed by atoms with van der Waals surface area (Å²) in [6.07, 6.45) is 1.87. The quantitative estimate of drug-likeness (QED) is 0.530. The Bertz CT molecular complexity index is 322. The summed E-state index contributed by atoms with van der Waals surface area (Å²) in [5.41, 5.74) is 0. The molecule has 0 rings (SSSR count). The summed E-state index contributed by atoms with van der Waals surface area (Å²) in [6.45, 7) is 6.77. The van der Waals surface area contributed by atoms with Gasteiger partial charge in [-0.2, -0.15) is 12.7 Å². The molecule has 0 aromatic carbocycles. The molecule has 0 amide bonds. The SMILES string of the molecule is CCC(C)N(C)CCNS(=O)(=O)N(C)CCCNC. The molecule has 7 heteroatoms. The number of nitrogens with zero attached hydrogens (tertiary/aromatic N) is 2. The van der Waals surface area contributed by atoms with Gasteiger partial charge in [-0.3, -0.25) is 0 Å². The highest BCUT2D eigenvalue weighted by atomic mass is 32.2. The Kier molecular flexibility index (Phi) is 9.55. The molecule has 0 spiro atoms. The first-order valence-corrected chi connectivity index (χ1v) is 8.34. The van der Waals surface area contributed by atoms with E-state index in [2.05, 4.69) is 28.8 Å². The van der Waals surface area contributed by atoms with Gasteiger partial charge in [0, 0.05) is 32.7 Å². The minimum Gasteiger partial charge on any atom is -0.320 e. The van der Waals surface area contributed by atoms with Crippen LogP contribution >= 0.6 is 0 Å². The second kappa shape index (κ2) is 9.66. The van der Waals surface area contributed by atoms with E-state index in [1.165, 1.54) is 4.31 Å². The zero-order chi connectivity index (χ0) is 14.9. The second-order valence-electron chi connectivity index (χ2n) is 4.92. The van der Waals surface area contributed by atoms with Gasteiger partial charge in [0.2, 0.25) is 0 Å². The molecule has 116 valence electrons. The van der Waals surface area contributed by atoms with Gasteiger partial charge in [-0.1, -0.05) is 6.92 Å². The maximum absolute atomic E-state index is 11.9. The fourth-order valence-corrected chi connectivity index (χ4v) is 2.53. The van der Waals surface area contributed by atoms with E-state index >= 15 is 0 Å². The normalized spacial score (nSPS) is 14.3. The van der Waals surface area contributed by atoms with Gasteiger partial charge >= 0.3 is 0 Å². The molecule has 1 unspecified atom stereocenters. The molecule has 0 aliphatic rings. The van der Waals surface area contributed by atoms with Crippen molar-refractivity contribution in [3.63, 3.8) is 0 Å². The smallest absolute Gasteiger partial charge is 0.279 e. The van der Waals surface area contributed by atoms with Crippen molar-refractivity contribution in [1.82, 2.24) is 19.2 Å². The average Bonchev–Trinajstić information content (AvgIpc) is 2.37. The minimum absolute atomic E-state index is 0.444. The van der Waals surface area contributed by atoms with E-state index in [0.29, 0.717) is 19.1 Å². The highest BCUT2D eigenvalue weighted by Crippen LogP contribution is 1.99. The van der Waals surface area contributed by atoms with Crippen LogP contribution in [0.5, 0.6) is 0 Å². The van der Waals surface area contributed by atoms with E-state index in [1.54, 1.807) is 7.05 Å². The van der Waals surface area contributed by atoms with Gasteiger partial charge in [0.1, 0.15) is 0 Å². The van der Waals surface area contributed by atoms with Crippen LogP contribution in [0, 0.1) is 0 Å². The van der Waals surface area contributed by atoms with Crippen molar-refractivity contribution in [1.29, 1.82) is 0 Å². The summed E-state index contributed by atoms with van der Waals surface area (Å²) in [4.78, 5) is 2.16. The Labute approximate surface area is 118 Å². The fraction of sp³-hybridized carbons (Fsp3) is 1.00. The largest absolute Gasteiger partial charge is 0.320 e. The lowest BCUT2D eigenvalue weighted by Crippen LogP contribution is -2.43. The molecule has 0 aliphatic carbocycles. The highest BCUT2D eigenvalue weighted by molar-refractivity contribution is 7.87. The van der Waals surface area contributed by atoms with E-state index in [9.17, 15) is 8.42 Å². The fourth-order valence-electron chi connectivity index (χ4n) is 1.59. The van der Waals surface area contributed by atoms with Crippen LogP contribution < -0.4 is 10.0 Å². The van der Waals surface area contributed by atoms with Gasteiger partial charge in [0.25, 0.3) is 10.2 Å². The molecule has 19 heavy (non-hydrogen) atoms. The van der Waals surface area contributed by atoms with Crippen molar-refractivity contribution in [3.05, 3.63) is 0 Å². The van der Waals surface area contributed by atoms with E-state index in [4.69, 9.17) is 0 Å². The van der Waals surface area contributed by atoms with Gasteiger partial charge < -0.3 is 10.2 Å². The summed E-state index contributed by atoms with van der Waals surface area (Å²) >= 11 is 0. The number of likely N-dealkylation sites (N-methyl/N-ethyl adjacent to an activating group) is 1. The third-order valence-corrected chi connectivity index (χ3v) is 4.97. The van der Waals surface area contributed by atoms with Crippen molar-refractivity contribution in [2.75, 3.05) is 47.3 Å². The third-order valence-electron chi connectivity index (χ3n) is 3.40. The molecule has 0 bridgehead atoms. The monoisotopic (exact) mass is 294 g/mol. The summed E-state index contributed by atoms with van der Waals surface area (Å²) in [5.74, 6) is 0. The summed E-state index contributed by atoms with van der Waals surface area (Å²) in [7, 11) is 2.14. The standard InChI is InChI=1S/C12H30N4O2S/c1-6-12(2)15(4)11-9-14-19(17,18)16(5)10-7-8-13-3/h12-14H,6-11H2,1-5H3. The molecule has 0 fully saturated rings. The van der Waals surface area contributed by atoms with Crippen LogP contribution in [0.3, 0.4) is 0 Å². The zero-order valence-corrected chi connectivity index (χ0v) is 13.8. The summed E-state index contributed by atoms with van der Waals surface area (Å²) in [5, 5.41) is 3.00. The second-order valence-corrected chi connectivity index (χ2v) is 6.78. The molecule has 0 heterocycles. The summed E-state index contributed by atoms with van der Waals surface area (Å²) in [6, 6.07) is 0.470. The number of hydrogen-bond donors (Lipinski definition) is 2. The average molecular weight is 294 g/mol. The molecule has 0 aliphatic heterocycles. The lowest BCUT2D eigenvalue weighted by molar-refractivity contribution is 0.255. The Hall–Kier alpha value is -0.210. The van der Waals surface area contributed by atoms with Crippen LogP contribution in [-0.2, 0) is 10.2 Å². The Morgan fingerprint density at radius 1 is 1.16 bits per heavy atom. The van der Waals surface area contributed by atoms with Gasteiger partial charge in [-0.15, -0.1) is 0 Å². The zero-order valence-electron chi connectivity index (χ0n) is 12.9. The first kappa shape index (κ1) is 18.8. The van der Waals surface area contributed by atoms with Crippen molar-refractivity contribution >= 4 is 10.2 Å². The van der Waals surface area contributed by atoms with Crippen molar-refractivity contribution in [2.45, 2.75) is 32.7 Å². The van der Waals surface area contributed by atoms with Gasteiger partial charge in [-0.25, -0.2) is 4.72 Å². The molecule has 0 aromatic rings. The molecule has 2 N–H and O–H groups in total. The van der Waals surface area contributed by atoms with Crippen LogP contribution in [0.2, 0.25) is 0 Å². The van der Waals surface area contributed by atoms with E-state index in [-0.39, 0.29) is 0 Å². The minimum atomic E-state index is -3.34. The first-order chi connectivity index (χ1) is 8.85. The molecule has 0 radical (unpaired) electrons. The Morgan fingerprint density at radius 2 is 1.79 bits per heavy atom. The molecule has 1 atom stereocenters. The highest BCUT2D eigenvalue weighted by Gasteiger charge is 2.16. The van der Waals surface area contributed by atoms with Crippen molar-refractivity contribution in [3.8, 4) is 0 Å². The molecule has 0 aromatic heterocycles. The van der Waals surface area contributed by atoms with Crippen molar-refractivity contribution < 1.29 is 8.42 Å². The molecule has 0 saturated heterocycles. The van der Waals surface area contributed by atoms with E-state index in [0.717, 1.165) is 25.9 Å². The number of nitrogens with one attached hydrogen (secondary N) is 2. The van der Waals surface area contributed by atoms with E-state index < -0.39 is 10.2 Å². The summed E-state index contributed by atoms with van der Waals surface area (Å²) < 4.78 is 27.8. The predicted molar refractivity (Wildman–Crippen MR) is 80.5 cm³/mol. The van der Waals surface area contributed by atoms with Crippen LogP contribution in [0.25, 0.3) is 0 Å². The Morgan fingerprint density at radius 3 is 2.32 bits per heavy atom. The lowest BCUT2D eigenvalue weighted by atomic mass is 10.2. The predicted octanol–water partition coefficient (Wildman–Crippen LogP) is 0.0924. The Balaban J connectivity index is 4.02. The third kappa shape index (κ3) is 7.84. The van der Waals surface area contributed by atoms with Gasteiger partial charge in [-0.05, 0) is 40.4 Å². The van der Waals surface area contributed by atoms with Gasteiger partial charge in [0.05, 0.1) is 0 Å². The van der Waals surface area contributed by atoms with Crippen molar-refractivity contribution in [2.24, 2.45) is 0 Å². The molecular formula is C12H30N4O2S. The number of rotatable bonds is 11. The number of hydrogen-bond acceptors (Lipinski definition) is 4. The van der Waals surface area contributed by atoms with Crippen LogP contribution in [-0.4, -0.2) is 71.0 Å². The van der Waals surface area contributed by atoms with Crippen LogP contribution in [0.15, 0.2) is 0 Å². The molecular weight excluding hydrogens is 264 g/mol. The first-order valence-electron chi connectivity index (χ1n) is 6.90. The maximum atomic E-state index is 11.9. The molecule has 0 saturated carbocycles. The molecule has 6 nitrogen and oxygen atoms in total.